The van der Waals surface area contributed by atoms with E-state index >= 15 is 0 Å². The van der Waals surface area contributed by atoms with Gasteiger partial charge in [-0.1, -0.05) is 32.0 Å². The Morgan fingerprint density at radius 1 is 1.11 bits per heavy atom. The number of anilines is 1. The third-order valence-electron chi connectivity index (χ3n) is 3.12. The first-order valence-electron chi connectivity index (χ1n) is 7.36. The van der Waals surface area contributed by atoms with Gasteiger partial charge in [-0.25, -0.2) is 0 Å². The Hall–Kier alpha value is -1.06. The summed E-state index contributed by atoms with van der Waals surface area (Å²) >= 11 is 0. The normalized spacial score (nSPS) is 10.7. The zero-order valence-corrected chi connectivity index (χ0v) is 12.6. The smallest absolute Gasteiger partial charge is 0.0587 e. The highest BCUT2D eigenvalue weighted by Gasteiger charge is 2.08. The van der Waals surface area contributed by atoms with Crippen LogP contribution in [0.5, 0.6) is 0 Å². The Bertz CT molecular complexity index is 335. The van der Waals surface area contributed by atoms with E-state index in [2.05, 4.69) is 48.3 Å². The summed E-state index contributed by atoms with van der Waals surface area (Å²) in [5.74, 6) is 0. The number of rotatable bonds is 10. The van der Waals surface area contributed by atoms with E-state index < -0.39 is 0 Å². The monoisotopic (exact) mass is 264 g/mol. The molecule has 1 aromatic rings. The van der Waals surface area contributed by atoms with Gasteiger partial charge in [-0.05, 0) is 24.5 Å². The van der Waals surface area contributed by atoms with Gasteiger partial charge in [0.1, 0.15) is 0 Å². The molecule has 0 aromatic heterocycles. The number of nitrogens with zero attached hydrogens (tertiary/aromatic N) is 1. The summed E-state index contributed by atoms with van der Waals surface area (Å²) in [7, 11) is 1.74. The highest BCUT2D eigenvalue weighted by atomic mass is 16.5. The third-order valence-corrected chi connectivity index (χ3v) is 3.12. The first kappa shape index (κ1) is 16.0. The molecule has 0 aliphatic rings. The van der Waals surface area contributed by atoms with Crippen molar-refractivity contribution < 1.29 is 4.74 Å². The molecule has 3 nitrogen and oxygen atoms in total. The lowest BCUT2D eigenvalue weighted by Crippen LogP contribution is -2.27. The van der Waals surface area contributed by atoms with E-state index in [1.54, 1.807) is 7.11 Å². The van der Waals surface area contributed by atoms with Crippen LogP contribution in [0.15, 0.2) is 24.3 Å². The highest BCUT2D eigenvalue weighted by Crippen LogP contribution is 2.20. The molecule has 108 valence electrons. The predicted molar refractivity (Wildman–Crippen MR) is 82.8 cm³/mol. The number of hydrogen-bond acceptors (Lipinski definition) is 3. The average Bonchev–Trinajstić information content (AvgIpc) is 2.44. The molecule has 0 saturated heterocycles. The van der Waals surface area contributed by atoms with E-state index in [-0.39, 0.29) is 0 Å². The SMILES string of the molecule is CCCN(CCC)c1ccccc1CNCCOC. The van der Waals surface area contributed by atoms with Gasteiger partial charge in [0.25, 0.3) is 0 Å². The van der Waals surface area contributed by atoms with Crippen LogP contribution in [0.4, 0.5) is 5.69 Å². The second-order valence-electron chi connectivity index (χ2n) is 4.79. The van der Waals surface area contributed by atoms with Crippen LogP contribution in [0.25, 0.3) is 0 Å². The quantitative estimate of drug-likeness (QED) is 0.657. The van der Waals surface area contributed by atoms with E-state index in [1.165, 1.54) is 24.1 Å². The van der Waals surface area contributed by atoms with E-state index in [4.69, 9.17) is 4.74 Å². The van der Waals surface area contributed by atoms with Crippen molar-refractivity contribution in [1.82, 2.24) is 5.32 Å². The van der Waals surface area contributed by atoms with Crippen LogP contribution >= 0.6 is 0 Å². The van der Waals surface area contributed by atoms with Gasteiger partial charge in [0.2, 0.25) is 0 Å². The topological polar surface area (TPSA) is 24.5 Å². The highest BCUT2D eigenvalue weighted by molar-refractivity contribution is 5.53. The van der Waals surface area contributed by atoms with Gasteiger partial charge in [0.15, 0.2) is 0 Å². The number of benzene rings is 1. The third kappa shape index (κ3) is 5.62. The van der Waals surface area contributed by atoms with Crippen LogP contribution in [0.2, 0.25) is 0 Å². The molecule has 19 heavy (non-hydrogen) atoms. The first-order valence-corrected chi connectivity index (χ1v) is 7.36. The fourth-order valence-corrected chi connectivity index (χ4v) is 2.26. The van der Waals surface area contributed by atoms with Crippen molar-refractivity contribution in [2.24, 2.45) is 0 Å². The van der Waals surface area contributed by atoms with E-state index in [0.29, 0.717) is 0 Å². The van der Waals surface area contributed by atoms with Crippen molar-refractivity contribution in [3.63, 3.8) is 0 Å². The summed E-state index contributed by atoms with van der Waals surface area (Å²) in [6.45, 7) is 9.29. The van der Waals surface area contributed by atoms with Crippen molar-refractivity contribution in [2.45, 2.75) is 33.2 Å². The largest absolute Gasteiger partial charge is 0.383 e. The lowest BCUT2D eigenvalue weighted by atomic mass is 10.1. The molecule has 0 aliphatic carbocycles. The lowest BCUT2D eigenvalue weighted by molar-refractivity contribution is 0.199. The number of hydrogen-bond donors (Lipinski definition) is 1. The fraction of sp³-hybridized carbons (Fsp3) is 0.625. The molecule has 3 heteroatoms. The van der Waals surface area contributed by atoms with E-state index in [0.717, 1.165) is 32.8 Å². The molecule has 0 radical (unpaired) electrons. The van der Waals surface area contributed by atoms with Gasteiger partial charge in [-0.3, -0.25) is 0 Å². The number of ether oxygens (including phenoxy) is 1. The van der Waals surface area contributed by atoms with E-state index in [9.17, 15) is 0 Å². The molecule has 0 unspecified atom stereocenters. The number of nitrogens with one attached hydrogen (secondary N) is 1. The van der Waals surface area contributed by atoms with Crippen molar-refractivity contribution in [2.75, 3.05) is 38.3 Å². The lowest BCUT2D eigenvalue weighted by Gasteiger charge is -2.26. The van der Waals surface area contributed by atoms with Crippen molar-refractivity contribution in [1.29, 1.82) is 0 Å². The van der Waals surface area contributed by atoms with E-state index in [1.807, 2.05) is 0 Å². The molecule has 1 rings (SSSR count). The Labute approximate surface area is 118 Å². The molecule has 0 fully saturated rings. The number of para-hydroxylation sites is 1. The molecule has 0 spiro atoms. The molecule has 0 aliphatic heterocycles. The van der Waals surface area contributed by atoms with Crippen LogP contribution in [-0.4, -0.2) is 33.4 Å². The summed E-state index contributed by atoms with van der Waals surface area (Å²) in [4.78, 5) is 2.49. The van der Waals surface area contributed by atoms with Crippen LogP contribution in [0.3, 0.4) is 0 Å². The first-order chi connectivity index (χ1) is 9.33. The standard InChI is InChI=1S/C16H28N2O/c1-4-11-18(12-5-2)16-9-7-6-8-15(16)14-17-10-13-19-3/h6-9,17H,4-5,10-14H2,1-3H3. The minimum atomic E-state index is 0.760. The van der Waals surface area contributed by atoms with Crippen LogP contribution < -0.4 is 10.2 Å². The van der Waals surface area contributed by atoms with Crippen LogP contribution in [0.1, 0.15) is 32.3 Å². The van der Waals surface area contributed by atoms with Gasteiger partial charge in [0.05, 0.1) is 6.61 Å². The van der Waals surface area contributed by atoms with Crippen molar-refractivity contribution in [3.05, 3.63) is 29.8 Å². The maximum Gasteiger partial charge on any atom is 0.0587 e. The molecular formula is C16H28N2O. The zero-order valence-electron chi connectivity index (χ0n) is 12.6. The molecule has 1 aromatic carbocycles. The second-order valence-corrected chi connectivity index (χ2v) is 4.79. The van der Waals surface area contributed by atoms with Gasteiger partial charge < -0.3 is 15.0 Å². The van der Waals surface area contributed by atoms with Crippen molar-refractivity contribution in [3.8, 4) is 0 Å². The Morgan fingerprint density at radius 3 is 2.42 bits per heavy atom. The van der Waals surface area contributed by atoms with Crippen LogP contribution in [0, 0.1) is 0 Å². The molecule has 0 saturated carbocycles. The maximum atomic E-state index is 5.06. The Morgan fingerprint density at radius 2 is 1.79 bits per heavy atom. The summed E-state index contributed by atoms with van der Waals surface area (Å²) in [5.41, 5.74) is 2.75. The predicted octanol–water partition coefficient (Wildman–Crippen LogP) is 3.05. The minimum absolute atomic E-state index is 0.760. The van der Waals surface area contributed by atoms with Gasteiger partial charge in [-0.2, -0.15) is 0 Å². The summed E-state index contributed by atoms with van der Waals surface area (Å²) in [6.07, 6.45) is 2.37. The van der Waals surface area contributed by atoms with Gasteiger partial charge in [-0.15, -0.1) is 0 Å². The molecule has 0 heterocycles. The van der Waals surface area contributed by atoms with Crippen molar-refractivity contribution >= 4 is 5.69 Å². The molecular weight excluding hydrogens is 236 g/mol. The summed E-state index contributed by atoms with van der Waals surface area (Å²) in [6, 6.07) is 8.70. The fourth-order valence-electron chi connectivity index (χ4n) is 2.26. The molecule has 0 atom stereocenters. The maximum absolute atomic E-state index is 5.06. The van der Waals surface area contributed by atoms with Gasteiger partial charge in [0, 0.05) is 39.0 Å². The second kappa shape index (κ2) is 9.82. The molecule has 0 amide bonds. The molecule has 0 bridgehead atoms. The summed E-state index contributed by atoms with van der Waals surface area (Å²) in [5, 5.41) is 3.43. The average molecular weight is 264 g/mol. The Kier molecular flexibility index (Phi) is 8.26. The number of methoxy groups -OCH3 is 1. The minimum Gasteiger partial charge on any atom is -0.383 e. The Balaban J connectivity index is 2.69. The van der Waals surface area contributed by atoms with Gasteiger partial charge >= 0.3 is 0 Å². The summed E-state index contributed by atoms with van der Waals surface area (Å²) < 4.78 is 5.06. The van der Waals surface area contributed by atoms with Crippen LogP contribution in [-0.2, 0) is 11.3 Å². The zero-order chi connectivity index (χ0) is 13.9. The molecule has 1 N–H and O–H groups in total.